The van der Waals surface area contributed by atoms with Crippen LogP contribution in [0.4, 0.5) is 5.69 Å². The second-order valence-corrected chi connectivity index (χ2v) is 5.63. The summed E-state index contributed by atoms with van der Waals surface area (Å²) in [6.07, 6.45) is 4.76. The lowest BCUT2D eigenvalue weighted by Gasteiger charge is -2.31. The quantitative estimate of drug-likeness (QED) is 0.794. The molecule has 4 heteroatoms. The molecule has 0 bridgehead atoms. The molecule has 0 saturated heterocycles. The van der Waals surface area contributed by atoms with Crippen LogP contribution in [0.1, 0.15) is 44.9 Å². The Balaban J connectivity index is 2.10. The van der Waals surface area contributed by atoms with Gasteiger partial charge in [0.1, 0.15) is 0 Å². The third-order valence-electron chi connectivity index (χ3n) is 4.16. The molecule has 1 aromatic heterocycles. The van der Waals surface area contributed by atoms with E-state index in [9.17, 15) is 5.11 Å². The first-order valence-corrected chi connectivity index (χ1v) is 7.57. The van der Waals surface area contributed by atoms with Crippen molar-refractivity contribution < 1.29 is 9.84 Å². The van der Waals surface area contributed by atoms with Crippen LogP contribution in [0.15, 0.2) is 18.3 Å². The fourth-order valence-corrected chi connectivity index (χ4v) is 2.56. The molecular formula is C16H26N2O2. The number of aliphatic hydroxyl groups is 1. The molecule has 112 valence electrons. The predicted molar refractivity (Wildman–Crippen MR) is 80.9 cm³/mol. The van der Waals surface area contributed by atoms with Crippen LogP contribution in [0.3, 0.4) is 0 Å². The summed E-state index contributed by atoms with van der Waals surface area (Å²) in [6, 6.07) is 4.52. The molecule has 20 heavy (non-hydrogen) atoms. The number of methoxy groups -OCH3 is 1. The predicted octanol–water partition coefficient (Wildman–Crippen LogP) is 2.78. The molecule has 0 aliphatic heterocycles. The average molecular weight is 278 g/mol. The Morgan fingerprint density at radius 3 is 2.70 bits per heavy atom. The highest BCUT2D eigenvalue weighted by atomic mass is 16.5. The van der Waals surface area contributed by atoms with E-state index in [-0.39, 0.29) is 0 Å². The van der Waals surface area contributed by atoms with Gasteiger partial charge in [0.15, 0.2) is 0 Å². The molecule has 0 spiro atoms. The van der Waals surface area contributed by atoms with Gasteiger partial charge in [0.25, 0.3) is 0 Å². The molecule has 1 aromatic rings. The lowest BCUT2D eigenvalue weighted by atomic mass is 10.1. The van der Waals surface area contributed by atoms with Crippen molar-refractivity contribution in [3.8, 4) is 0 Å². The first-order valence-electron chi connectivity index (χ1n) is 7.57. The summed E-state index contributed by atoms with van der Waals surface area (Å²) in [7, 11) is 1.74. The summed E-state index contributed by atoms with van der Waals surface area (Å²) < 4.78 is 5.22. The number of hydrogen-bond acceptors (Lipinski definition) is 4. The van der Waals surface area contributed by atoms with Crippen molar-refractivity contribution in [1.29, 1.82) is 0 Å². The number of rotatable bonds is 8. The van der Waals surface area contributed by atoms with Crippen LogP contribution >= 0.6 is 0 Å². The van der Waals surface area contributed by atoms with E-state index in [0.717, 1.165) is 30.5 Å². The van der Waals surface area contributed by atoms with Crippen molar-refractivity contribution >= 4 is 5.69 Å². The summed E-state index contributed by atoms with van der Waals surface area (Å²) in [5.74, 6) is 0.799. The van der Waals surface area contributed by atoms with E-state index >= 15 is 0 Å². The maximum Gasteiger partial charge on any atom is 0.0957 e. The number of ether oxygens (including phenoxy) is 1. The maximum atomic E-state index is 9.81. The Morgan fingerprint density at radius 1 is 1.45 bits per heavy atom. The second kappa shape index (κ2) is 7.04. The Morgan fingerprint density at radius 2 is 2.20 bits per heavy atom. The van der Waals surface area contributed by atoms with Crippen molar-refractivity contribution in [3.05, 3.63) is 24.0 Å². The minimum absolute atomic E-state index is 0.461. The Labute approximate surface area is 121 Å². The Kier molecular flexibility index (Phi) is 5.38. The van der Waals surface area contributed by atoms with Gasteiger partial charge in [-0.1, -0.05) is 6.92 Å². The number of hydrogen-bond donors (Lipinski definition) is 1. The lowest BCUT2D eigenvalue weighted by Crippen LogP contribution is -2.37. The van der Waals surface area contributed by atoms with Crippen LogP contribution in [0.2, 0.25) is 0 Å². The third kappa shape index (κ3) is 3.70. The summed E-state index contributed by atoms with van der Waals surface area (Å²) in [4.78, 5) is 6.78. The van der Waals surface area contributed by atoms with E-state index in [1.165, 1.54) is 12.8 Å². The standard InChI is InChI=1S/C16H26N2O2/c1-4-16(19)15-8-7-14(11-17-15)18(9-10-20-3)12(2)13-5-6-13/h7-8,11-13,16,19H,4-6,9-10H2,1-3H3/t12?,16-/m0/s1. The van der Waals surface area contributed by atoms with E-state index in [1.807, 2.05) is 19.2 Å². The third-order valence-corrected chi connectivity index (χ3v) is 4.16. The highest BCUT2D eigenvalue weighted by Gasteiger charge is 2.32. The Bertz CT molecular complexity index is 403. The van der Waals surface area contributed by atoms with E-state index < -0.39 is 6.10 Å². The average Bonchev–Trinajstić information content (AvgIpc) is 3.32. The van der Waals surface area contributed by atoms with E-state index in [0.29, 0.717) is 12.5 Å². The molecule has 1 heterocycles. The van der Waals surface area contributed by atoms with Crippen molar-refractivity contribution in [3.63, 3.8) is 0 Å². The van der Waals surface area contributed by atoms with Crippen LogP contribution in [-0.2, 0) is 4.74 Å². The monoisotopic (exact) mass is 278 g/mol. The topological polar surface area (TPSA) is 45.6 Å². The van der Waals surface area contributed by atoms with Gasteiger partial charge in [0.2, 0.25) is 0 Å². The second-order valence-electron chi connectivity index (χ2n) is 5.63. The van der Waals surface area contributed by atoms with Gasteiger partial charge in [-0.05, 0) is 44.2 Å². The van der Waals surface area contributed by atoms with E-state index in [4.69, 9.17) is 4.74 Å². The highest BCUT2D eigenvalue weighted by molar-refractivity contribution is 5.46. The normalized spacial score (nSPS) is 17.8. The van der Waals surface area contributed by atoms with Gasteiger partial charge >= 0.3 is 0 Å². The highest BCUT2D eigenvalue weighted by Crippen LogP contribution is 2.36. The first-order chi connectivity index (χ1) is 9.67. The molecule has 0 radical (unpaired) electrons. The zero-order valence-electron chi connectivity index (χ0n) is 12.7. The van der Waals surface area contributed by atoms with Crippen LogP contribution in [0.25, 0.3) is 0 Å². The number of nitrogens with zero attached hydrogens (tertiary/aromatic N) is 2. The fraction of sp³-hybridized carbons (Fsp3) is 0.688. The Hall–Kier alpha value is -1.13. The van der Waals surface area contributed by atoms with Gasteiger partial charge in [-0.25, -0.2) is 0 Å². The lowest BCUT2D eigenvalue weighted by molar-refractivity contribution is 0.169. The molecule has 4 nitrogen and oxygen atoms in total. The molecule has 1 aliphatic carbocycles. The maximum absolute atomic E-state index is 9.81. The molecule has 1 aliphatic rings. The SMILES string of the molecule is CC[C@H](O)c1ccc(N(CCOC)C(C)C2CC2)cn1. The van der Waals surface area contributed by atoms with Gasteiger partial charge in [-0.15, -0.1) is 0 Å². The summed E-state index contributed by atoms with van der Waals surface area (Å²) in [5.41, 5.74) is 1.87. The van der Waals surface area contributed by atoms with Gasteiger partial charge in [-0.2, -0.15) is 0 Å². The van der Waals surface area contributed by atoms with Gasteiger partial charge < -0.3 is 14.7 Å². The molecule has 1 unspecified atom stereocenters. The van der Waals surface area contributed by atoms with Crippen LogP contribution < -0.4 is 4.90 Å². The van der Waals surface area contributed by atoms with E-state index in [2.05, 4.69) is 22.9 Å². The first kappa shape index (κ1) is 15.3. The molecule has 0 amide bonds. The molecule has 2 rings (SSSR count). The minimum Gasteiger partial charge on any atom is -0.387 e. The molecule has 0 aromatic carbocycles. The molecule has 1 N–H and O–H groups in total. The van der Waals surface area contributed by atoms with Crippen molar-refractivity contribution in [2.45, 2.75) is 45.3 Å². The molecule has 1 saturated carbocycles. The summed E-state index contributed by atoms with van der Waals surface area (Å²) in [6.45, 7) is 5.84. The zero-order chi connectivity index (χ0) is 14.5. The molecular weight excluding hydrogens is 252 g/mol. The number of pyridine rings is 1. The summed E-state index contributed by atoms with van der Waals surface area (Å²) in [5, 5.41) is 9.81. The van der Waals surface area contributed by atoms with Crippen molar-refractivity contribution in [2.24, 2.45) is 5.92 Å². The smallest absolute Gasteiger partial charge is 0.0957 e. The largest absolute Gasteiger partial charge is 0.387 e. The van der Waals surface area contributed by atoms with Crippen molar-refractivity contribution in [1.82, 2.24) is 4.98 Å². The summed E-state index contributed by atoms with van der Waals surface area (Å²) >= 11 is 0. The van der Waals surface area contributed by atoms with Crippen molar-refractivity contribution in [2.75, 3.05) is 25.2 Å². The molecule has 1 fully saturated rings. The minimum atomic E-state index is -0.461. The zero-order valence-corrected chi connectivity index (χ0v) is 12.7. The number of aliphatic hydroxyl groups excluding tert-OH is 1. The van der Waals surface area contributed by atoms with Crippen LogP contribution in [-0.4, -0.2) is 36.4 Å². The van der Waals surface area contributed by atoms with Gasteiger partial charge in [-0.3, -0.25) is 4.98 Å². The number of anilines is 1. The molecule has 2 atom stereocenters. The fourth-order valence-electron chi connectivity index (χ4n) is 2.56. The van der Waals surface area contributed by atoms with Crippen LogP contribution in [0.5, 0.6) is 0 Å². The van der Waals surface area contributed by atoms with Gasteiger partial charge in [0.05, 0.1) is 30.3 Å². The van der Waals surface area contributed by atoms with E-state index in [1.54, 1.807) is 7.11 Å². The number of aromatic nitrogens is 1. The van der Waals surface area contributed by atoms with Gasteiger partial charge in [0, 0.05) is 19.7 Å². The van der Waals surface area contributed by atoms with Crippen LogP contribution in [0, 0.1) is 5.92 Å².